The Hall–Kier alpha value is -2.85. The number of halogens is 3. The normalized spacial score (nSPS) is 19.5. The summed E-state index contributed by atoms with van der Waals surface area (Å²) in [5.41, 5.74) is 6.16. The molecule has 33 heavy (non-hydrogen) atoms. The Balaban J connectivity index is 2.08. The standard InChI is InChI=1S/C23H25F3N4O2S/c1-15(32-2)22(31)30-23(16-7-4-3-5-8-16,11-6-12-28-20(27)14-24)33-21(29-30)18-13-17(25)9-10-19(18)26/h3-5,7-10,13,15H,6,11-12,14H2,1-2H3,(H2,27,28)/t15-,23+/m1/s1. The minimum Gasteiger partial charge on any atom is -0.385 e. The lowest BCUT2D eigenvalue weighted by Gasteiger charge is -2.36. The van der Waals surface area contributed by atoms with Crippen molar-refractivity contribution in [2.75, 3.05) is 20.3 Å². The van der Waals surface area contributed by atoms with E-state index in [4.69, 9.17) is 10.5 Å². The van der Waals surface area contributed by atoms with Crippen molar-refractivity contribution >= 4 is 28.5 Å². The molecule has 0 saturated heterocycles. The van der Waals surface area contributed by atoms with E-state index in [2.05, 4.69) is 10.1 Å². The van der Waals surface area contributed by atoms with Gasteiger partial charge in [0.05, 0.1) is 0 Å². The van der Waals surface area contributed by atoms with E-state index in [0.717, 1.165) is 35.5 Å². The van der Waals surface area contributed by atoms with E-state index in [1.54, 1.807) is 6.92 Å². The molecule has 2 aromatic carbocycles. The number of hydrogen-bond acceptors (Lipinski definition) is 5. The average molecular weight is 479 g/mol. The summed E-state index contributed by atoms with van der Waals surface area (Å²) in [4.78, 5) is 16.2. The maximum atomic E-state index is 14.6. The molecule has 0 spiro atoms. The van der Waals surface area contributed by atoms with Crippen molar-refractivity contribution in [1.82, 2.24) is 5.01 Å². The van der Waals surface area contributed by atoms with Gasteiger partial charge in [-0.2, -0.15) is 5.10 Å². The lowest BCUT2D eigenvalue weighted by molar-refractivity contribution is -0.144. The summed E-state index contributed by atoms with van der Waals surface area (Å²) in [6.07, 6.45) is -0.0479. The molecule has 0 unspecified atom stereocenters. The molecule has 1 heterocycles. The number of thioether (sulfide) groups is 1. The summed E-state index contributed by atoms with van der Waals surface area (Å²) in [5, 5.41) is 5.89. The molecule has 0 aliphatic carbocycles. The number of nitrogens with two attached hydrogens (primary N) is 1. The smallest absolute Gasteiger partial charge is 0.273 e. The fourth-order valence-corrected chi connectivity index (χ4v) is 4.86. The highest BCUT2D eigenvalue weighted by Crippen LogP contribution is 2.51. The van der Waals surface area contributed by atoms with Gasteiger partial charge in [0.1, 0.15) is 40.2 Å². The van der Waals surface area contributed by atoms with Crippen molar-refractivity contribution in [3.63, 3.8) is 0 Å². The van der Waals surface area contributed by atoms with Gasteiger partial charge in [-0.05, 0) is 43.5 Å². The summed E-state index contributed by atoms with van der Waals surface area (Å²) < 4.78 is 46.4. The molecular formula is C23H25F3N4O2S. The van der Waals surface area contributed by atoms with E-state index in [1.165, 1.54) is 12.1 Å². The molecule has 2 N–H and O–H groups in total. The molecule has 0 aromatic heterocycles. The molecule has 0 fully saturated rings. The molecule has 0 radical (unpaired) electrons. The Morgan fingerprint density at radius 3 is 2.67 bits per heavy atom. The van der Waals surface area contributed by atoms with Gasteiger partial charge < -0.3 is 10.5 Å². The lowest BCUT2D eigenvalue weighted by Crippen LogP contribution is -2.45. The number of alkyl halides is 1. The number of methoxy groups -OCH3 is 1. The zero-order valence-electron chi connectivity index (χ0n) is 18.3. The monoisotopic (exact) mass is 478 g/mol. The van der Waals surface area contributed by atoms with Crippen molar-refractivity contribution < 1.29 is 22.7 Å². The Morgan fingerprint density at radius 1 is 1.27 bits per heavy atom. The highest BCUT2D eigenvalue weighted by atomic mass is 32.2. The van der Waals surface area contributed by atoms with E-state index in [-0.39, 0.29) is 23.0 Å². The van der Waals surface area contributed by atoms with Gasteiger partial charge in [-0.1, -0.05) is 42.1 Å². The van der Waals surface area contributed by atoms with Crippen LogP contribution in [-0.4, -0.2) is 48.2 Å². The number of carbonyl (C=O) groups is 1. The molecule has 1 aliphatic rings. The van der Waals surface area contributed by atoms with Crippen LogP contribution in [0, 0.1) is 11.6 Å². The number of amidine groups is 1. The first-order valence-electron chi connectivity index (χ1n) is 10.3. The molecule has 2 atom stereocenters. The van der Waals surface area contributed by atoms with Gasteiger partial charge in [0.15, 0.2) is 0 Å². The summed E-state index contributed by atoms with van der Waals surface area (Å²) in [6, 6.07) is 12.2. The van der Waals surface area contributed by atoms with Crippen molar-refractivity contribution in [2.45, 2.75) is 30.7 Å². The van der Waals surface area contributed by atoms with Crippen LogP contribution in [0.1, 0.15) is 30.9 Å². The van der Waals surface area contributed by atoms with Crippen molar-refractivity contribution in [3.05, 3.63) is 71.3 Å². The number of hydrazone groups is 1. The van der Waals surface area contributed by atoms with Crippen LogP contribution >= 0.6 is 11.8 Å². The quantitative estimate of drug-likeness (QED) is 0.333. The second kappa shape index (κ2) is 10.8. The topological polar surface area (TPSA) is 80.3 Å². The number of nitrogens with zero attached hydrogens (tertiary/aromatic N) is 3. The number of aliphatic imine (C=N–C) groups is 1. The van der Waals surface area contributed by atoms with Crippen LogP contribution in [0.4, 0.5) is 13.2 Å². The maximum Gasteiger partial charge on any atom is 0.273 e. The Morgan fingerprint density at radius 2 is 2.00 bits per heavy atom. The number of benzene rings is 2. The third-order valence-corrected chi connectivity index (χ3v) is 6.66. The van der Waals surface area contributed by atoms with Gasteiger partial charge in [0, 0.05) is 19.2 Å². The van der Waals surface area contributed by atoms with Gasteiger partial charge in [0.25, 0.3) is 5.91 Å². The van der Waals surface area contributed by atoms with Gasteiger partial charge in [-0.15, -0.1) is 0 Å². The molecule has 176 valence electrons. The summed E-state index contributed by atoms with van der Waals surface area (Å²) >= 11 is 1.16. The summed E-state index contributed by atoms with van der Waals surface area (Å²) in [7, 11) is 1.40. The predicted molar refractivity (Wildman–Crippen MR) is 124 cm³/mol. The van der Waals surface area contributed by atoms with Crippen LogP contribution in [0.15, 0.2) is 58.6 Å². The van der Waals surface area contributed by atoms with E-state index in [0.29, 0.717) is 12.8 Å². The van der Waals surface area contributed by atoms with Crippen LogP contribution in [0.5, 0.6) is 0 Å². The highest BCUT2D eigenvalue weighted by Gasteiger charge is 2.49. The van der Waals surface area contributed by atoms with Crippen molar-refractivity contribution in [1.29, 1.82) is 0 Å². The molecule has 1 aliphatic heterocycles. The molecule has 0 bridgehead atoms. The van der Waals surface area contributed by atoms with E-state index < -0.39 is 35.2 Å². The van der Waals surface area contributed by atoms with Gasteiger partial charge in [-0.3, -0.25) is 9.79 Å². The molecule has 10 heteroatoms. The van der Waals surface area contributed by atoms with E-state index >= 15 is 0 Å². The highest BCUT2D eigenvalue weighted by molar-refractivity contribution is 8.15. The first-order valence-corrected chi connectivity index (χ1v) is 11.1. The Labute approximate surface area is 194 Å². The van der Waals surface area contributed by atoms with Crippen molar-refractivity contribution in [2.24, 2.45) is 15.8 Å². The maximum absolute atomic E-state index is 14.6. The number of ether oxygens (including phenoxy) is 1. The zero-order chi connectivity index (χ0) is 24.0. The largest absolute Gasteiger partial charge is 0.385 e. The predicted octanol–water partition coefficient (Wildman–Crippen LogP) is 4.20. The first kappa shape index (κ1) is 24.8. The molecule has 3 rings (SSSR count). The summed E-state index contributed by atoms with van der Waals surface area (Å²) in [5.74, 6) is -1.82. The second-order valence-corrected chi connectivity index (χ2v) is 8.69. The van der Waals surface area contributed by atoms with Gasteiger partial charge in [-0.25, -0.2) is 18.2 Å². The fourth-order valence-electron chi connectivity index (χ4n) is 3.43. The van der Waals surface area contributed by atoms with Crippen LogP contribution in [0.25, 0.3) is 0 Å². The minimum atomic E-state index is -1.07. The third-order valence-electron chi connectivity index (χ3n) is 5.22. The first-order chi connectivity index (χ1) is 15.8. The van der Waals surface area contributed by atoms with Crippen LogP contribution in [-0.2, 0) is 14.4 Å². The Bertz CT molecular complexity index is 1050. The number of hydrogen-bond donors (Lipinski definition) is 1. The zero-order valence-corrected chi connectivity index (χ0v) is 19.1. The van der Waals surface area contributed by atoms with E-state index in [1.807, 2.05) is 30.3 Å². The fraction of sp³-hybridized carbons (Fsp3) is 0.348. The Kier molecular flexibility index (Phi) is 8.15. The van der Waals surface area contributed by atoms with Crippen LogP contribution in [0.2, 0.25) is 0 Å². The molecule has 6 nitrogen and oxygen atoms in total. The summed E-state index contributed by atoms with van der Waals surface area (Å²) in [6.45, 7) is 0.975. The molecular weight excluding hydrogens is 453 g/mol. The lowest BCUT2D eigenvalue weighted by atomic mass is 9.99. The second-order valence-electron chi connectivity index (χ2n) is 7.42. The average Bonchev–Trinajstić information content (AvgIpc) is 3.23. The number of rotatable bonds is 9. The SMILES string of the molecule is CO[C@H](C)C(=O)N1N=C(c2cc(F)ccc2F)S[C@@]1(CCCN=C(N)CF)c1ccccc1. The van der Waals surface area contributed by atoms with Crippen LogP contribution in [0.3, 0.4) is 0 Å². The minimum absolute atomic E-state index is 0.0413. The number of carbonyl (C=O) groups excluding carboxylic acids is 1. The number of amides is 1. The van der Waals surface area contributed by atoms with Gasteiger partial charge >= 0.3 is 0 Å². The molecule has 0 saturated carbocycles. The third kappa shape index (κ3) is 5.39. The molecule has 1 amide bonds. The van der Waals surface area contributed by atoms with Crippen LogP contribution < -0.4 is 5.73 Å². The van der Waals surface area contributed by atoms with Crippen molar-refractivity contribution in [3.8, 4) is 0 Å². The molecule has 2 aromatic rings. The van der Waals surface area contributed by atoms with Gasteiger partial charge in [0.2, 0.25) is 0 Å². The van der Waals surface area contributed by atoms with E-state index in [9.17, 15) is 18.0 Å².